The van der Waals surface area contributed by atoms with Crippen LogP contribution in [-0.2, 0) is 17.4 Å². The third-order valence-corrected chi connectivity index (χ3v) is 5.97. The number of alkyl halides is 3. The zero-order valence-corrected chi connectivity index (χ0v) is 20.1. The maximum absolute atomic E-state index is 13.1. The number of carbonyl (C=O) groups excluding carboxylic acids is 2. The van der Waals surface area contributed by atoms with Gasteiger partial charge >= 0.3 is 6.18 Å². The SMILES string of the molecule is O=CN(CCc1ccccn1)c1ccc(NC(=O)c2ccccc2-c2ccc(C(F)(F)F)cc2)cc1Cl. The molecule has 3 aromatic carbocycles. The number of hydrogen-bond donors (Lipinski definition) is 1. The van der Waals surface area contributed by atoms with Crippen LogP contribution in [0, 0.1) is 0 Å². The van der Waals surface area contributed by atoms with Gasteiger partial charge in [0.2, 0.25) is 6.41 Å². The van der Waals surface area contributed by atoms with Crippen molar-refractivity contribution in [3.8, 4) is 11.1 Å². The summed E-state index contributed by atoms with van der Waals surface area (Å²) in [6.45, 7) is 0.368. The van der Waals surface area contributed by atoms with E-state index in [1.165, 1.54) is 23.1 Å². The second-order valence-corrected chi connectivity index (χ2v) is 8.52. The molecule has 1 N–H and O–H groups in total. The summed E-state index contributed by atoms with van der Waals surface area (Å²) in [6, 6.07) is 21.6. The van der Waals surface area contributed by atoms with Crippen LogP contribution in [0.25, 0.3) is 11.1 Å². The summed E-state index contributed by atoms with van der Waals surface area (Å²) in [6.07, 6.45) is -1.54. The topological polar surface area (TPSA) is 62.3 Å². The van der Waals surface area contributed by atoms with Crippen LogP contribution in [0.15, 0.2) is 91.1 Å². The van der Waals surface area contributed by atoms with Crippen molar-refractivity contribution in [1.29, 1.82) is 0 Å². The van der Waals surface area contributed by atoms with Crippen LogP contribution in [0.3, 0.4) is 0 Å². The second kappa shape index (κ2) is 11.3. The summed E-state index contributed by atoms with van der Waals surface area (Å²) in [5.74, 6) is -0.457. The summed E-state index contributed by atoms with van der Waals surface area (Å²) in [4.78, 5) is 30.5. The summed E-state index contributed by atoms with van der Waals surface area (Å²) >= 11 is 6.43. The van der Waals surface area contributed by atoms with Gasteiger partial charge in [-0.25, -0.2) is 0 Å². The van der Waals surface area contributed by atoms with Gasteiger partial charge in [-0.2, -0.15) is 13.2 Å². The van der Waals surface area contributed by atoms with Crippen LogP contribution in [-0.4, -0.2) is 23.8 Å². The number of anilines is 2. The van der Waals surface area contributed by atoms with Gasteiger partial charge in [0, 0.05) is 36.1 Å². The highest BCUT2D eigenvalue weighted by molar-refractivity contribution is 6.34. The second-order valence-electron chi connectivity index (χ2n) is 8.11. The van der Waals surface area contributed by atoms with Crippen LogP contribution in [0.2, 0.25) is 5.02 Å². The standard InChI is InChI=1S/C28H21ClF3N3O2/c29-25-17-22(12-13-26(25)35(18-36)16-14-21-5-3-4-15-33-21)34-27(37)24-7-2-1-6-23(24)19-8-10-20(11-9-19)28(30,31)32/h1-13,15,17-18H,14,16H2,(H,34,37). The molecule has 0 saturated heterocycles. The Bertz CT molecular complexity index is 1390. The first-order chi connectivity index (χ1) is 17.8. The molecule has 5 nitrogen and oxygen atoms in total. The van der Waals surface area contributed by atoms with Crippen molar-refractivity contribution in [3.05, 3.63) is 113 Å². The van der Waals surface area contributed by atoms with Gasteiger partial charge in [-0.05, 0) is 59.7 Å². The van der Waals surface area contributed by atoms with Crippen LogP contribution >= 0.6 is 11.6 Å². The predicted molar refractivity (Wildman–Crippen MR) is 138 cm³/mol. The van der Waals surface area contributed by atoms with Gasteiger partial charge in [-0.3, -0.25) is 14.6 Å². The monoisotopic (exact) mass is 523 g/mol. The molecular formula is C28H21ClF3N3O2. The Labute approximate surface area is 216 Å². The Balaban J connectivity index is 1.50. The minimum absolute atomic E-state index is 0.266. The largest absolute Gasteiger partial charge is 0.416 e. The maximum Gasteiger partial charge on any atom is 0.416 e. The maximum atomic E-state index is 13.1. The first kappa shape index (κ1) is 25.9. The third-order valence-electron chi connectivity index (χ3n) is 5.67. The van der Waals surface area contributed by atoms with E-state index in [0.717, 1.165) is 17.8 Å². The van der Waals surface area contributed by atoms with Gasteiger partial charge in [0.05, 0.1) is 16.3 Å². The number of hydrogen-bond acceptors (Lipinski definition) is 3. The molecule has 0 bridgehead atoms. The number of rotatable bonds is 8. The summed E-state index contributed by atoms with van der Waals surface area (Å²) in [5, 5.41) is 3.03. The van der Waals surface area contributed by atoms with Gasteiger partial charge in [-0.15, -0.1) is 0 Å². The summed E-state index contributed by atoms with van der Waals surface area (Å²) in [5.41, 5.74) is 2.19. The summed E-state index contributed by atoms with van der Waals surface area (Å²) in [7, 11) is 0. The molecule has 2 amide bonds. The highest BCUT2D eigenvalue weighted by Gasteiger charge is 2.30. The lowest BCUT2D eigenvalue weighted by molar-refractivity contribution is -0.137. The Hall–Kier alpha value is -4.17. The van der Waals surface area contributed by atoms with E-state index in [-0.39, 0.29) is 10.6 Å². The van der Waals surface area contributed by atoms with Crippen molar-refractivity contribution >= 4 is 35.3 Å². The number of pyridine rings is 1. The normalized spacial score (nSPS) is 11.1. The Kier molecular flexibility index (Phi) is 7.89. The molecular weight excluding hydrogens is 503 g/mol. The number of carbonyl (C=O) groups is 2. The van der Waals surface area contributed by atoms with Gasteiger partial charge < -0.3 is 10.2 Å². The lowest BCUT2D eigenvalue weighted by atomic mass is 9.98. The zero-order chi connectivity index (χ0) is 26.4. The van der Waals surface area contributed by atoms with Crippen molar-refractivity contribution < 1.29 is 22.8 Å². The summed E-state index contributed by atoms with van der Waals surface area (Å²) < 4.78 is 38.8. The van der Waals surface area contributed by atoms with Crippen LogP contribution < -0.4 is 10.2 Å². The molecule has 0 saturated carbocycles. The molecule has 1 aromatic heterocycles. The van der Waals surface area contributed by atoms with Gasteiger partial charge in [0.1, 0.15) is 0 Å². The van der Waals surface area contributed by atoms with Crippen LogP contribution in [0.1, 0.15) is 21.6 Å². The van der Waals surface area contributed by atoms with Crippen molar-refractivity contribution in [1.82, 2.24) is 4.98 Å². The molecule has 0 aliphatic heterocycles. The van der Waals surface area contributed by atoms with E-state index in [2.05, 4.69) is 10.3 Å². The van der Waals surface area contributed by atoms with Gasteiger partial charge in [-0.1, -0.05) is 48.0 Å². The van der Waals surface area contributed by atoms with E-state index in [0.29, 0.717) is 41.9 Å². The first-order valence-corrected chi connectivity index (χ1v) is 11.6. The number of benzene rings is 3. The minimum Gasteiger partial charge on any atom is -0.322 e. The zero-order valence-electron chi connectivity index (χ0n) is 19.4. The minimum atomic E-state index is -4.45. The molecule has 188 valence electrons. The number of halogens is 4. The fourth-order valence-corrected chi connectivity index (χ4v) is 4.09. The molecule has 9 heteroatoms. The molecule has 1 heterocycles. The molecule has 0 unspecified atom stereocenters. The van der Waals surface area contributed by atoms with E-state index in [9.17, 15) is 22.8 Å². The molecule has 0 atom stereocenters. The number of nitrogens with one attached hydrogen (secondary N) is 1. The Morgan fingerprint density at radius 3 is 2.35 bits per heavy atom. The van der Waals surface area contributed by atoms with E-state index in [4.69, 9.17) is 11.6 Å². The van der Waals surface area contributed by atoms with Crippen molar-refractivity contribution in [2.75, 3.05) is 16.8 Å². The molecule has 37 heavy (non-hydrogen) atoms. The average molecular weight is 524 g/mol. The predicted octanol–water partition coefficient (Wildman–Crippen LogP) is 6.88. The molecule has 0 aliphatic rings. The highest BCUT2D eigenvalue weighted by atomic mass is 35.5. The van der Waals surface area contributed by atoms with Gasteiger partial charge in [0.15, 0.2) is 0 Å². The van der Waals surface area contributed by atoms with E-state index < -0.39 is 17.6 Å². The Morgan fingerprint density at radius 1 is 0.973 bits per heavy atom. The number of aromatic nitrogens is 1. The quantitative estimate of drug-likeness (QED) is 0.256. The molecule has 0 aliphatic carbocycles. The molecule has 4 aromatic rings. The van der Waals surface area contributed by atoms with Crippen molar-refractivity contribution in [3.63, 3.8) is 0 Å². The van der Waals surface area contributed by atoms with E-state index in [1.807, 2.05) is 18.2 Å². The van der Waals surface area contributed by atoms with E-state index in [1.54, 1.807) is 42.6 Å². The average Bonchev–Trinajstić information content (AvgIpc) is 2.90. The molecule has 4 rings (SSSR count). The first-order valence-electron chi connectivity index (χ1n) is 11.3. The highest BCUT2D eigenvalue weighted by Crippen LogP contribution is 2.33. The van der Waals surface area contributed by atoms with Crippen molar-refractivity contribution in [2.24, 2.45) is 0 Å². The molecule has 0 fully saturated rings. The lowest BCUT2D eigenvalue weighted by Gasteiger charge is -2.19. The Morgan fingerprint density at radius 2 is 1.70 bits per heavy atom. The van der Waals surface area contributed by atoms with Crippen molar-refractivity contribution in [2.45, 2.75) is 12.6 Å². The van der Waals surface area contributed by atoms with Crippen LogP contribution in [0.5, 0.6) is 0 Å². The van der Waals surface area contributed by atoms with E-state index >= 15 is 0 Å². The lowest BCUT2D eigenvalue weighted by Crippen LogP contribution is -2.24. The fraction of sp³-hybridized carbons (Fsp3) is 0.107. The molecule has 0 radical (unpaired) electrons. The number of amides is 2. The molecule has 0 spiro atoms. The smallest absolute Gasteiger partial charge is 0.322 e. The van der Waals surface area contributed by atoms with Crippen LogP contribution in [0.4, 0.5) is 24.5 Å². The fourth-order valence-electron chi connectivity index (χ4n) is 3.80. The number of nitrogens with zero attached hydrogens (tertiary/aromatic N) is 2. The van der Waals surface area contributed by atoms with Gasteiger partial charge in [0.25, 0.3) is 5.91 Å². The third kappa shape index (κ3) is 6.34.